The highest BCUT2D eigenvalue weighted by Gasteiger charge is 2.24. The summed E-state index contributed by atoms with van der Waals surface area (Å²) in [7, 11) is 0. The summed E-state index contributed by atoms with van der Waals surface area (Å²) in [6, 6.07) is 6.81. The lowest BCUT2D eigenvalue weighted by Crippen LogP contribution is -2.26. The lowest BCUT2D eigenvalue weighted by atomic mass is 10.1. The molecule has 2 aromatic heterocycles. The molecule has 0 fully saturated rings. The van der Waals surface area contributed by atoms with Crippen molar-refractivity contribution in [1.82, 2.24) is 14.5 Å². The van der Waals surface area contributed by atoms with E-state index in [0.29, 0.717) is 10.9 Å². The number of anilines is 1. The number of hydrogen-bond donors (Lipinski definition) is 1. The topological polar surface area (TPSA) is 119 Å². The lowest BCUT2D eigenvalue weighted by Gasteiger charge is -2.19. The summed E-state index contributed by atoms with van der Waals surface area (Å²) in [6.07, 6.45) is 1.88. The van der Waals surface area contributed by atoms with E-state index < -0.39 is 30.1 Å². The van der Waals surface area contributed by atoms with E-state index in [0.717, 1.165) is 4.57 Å². The van der Waals surface area contributed by atoms with E-state index in [4.69, 9.17) is 4.74 Å². The first kappa shape index (κ1) is 22.6. The van der Waals surface area contributed by atoms with Gasteiger partial charge in [-0.3, -0.25) is 9.36 Å². The number of hydrogen-bond acceptors (Lipinski definition) is 7. The number of alkyl halides is 2. The SMILES string of the molecule is CC(=O)Nc1ncc(-c2cn(C(=O)OC(C)(C)C)c3c(C#N)cccc23)nc1OC(F)F. The first-order valence-corrected chi connectivity index (χ1v) is 9.37. The zero-order chi connectivity index (χ0) is 23.6. The Morgan fingerprint density at radius 3 is 2.59 bits per heavy atom. The highest BCUT2D eigenvalue weighted by Crippen LogP contribution is 2.34. The second-order valence-corrected chi connectivity index (χ2v) is 7.68. The third kappa shape index (κ3) is 4.80. The standard InChI is InChI=1S/C21H19F2N5O4/c1-11(29)26-17-18(31-19(22)23)27-15(9-25-17)14-10-28(20(30)32-21(2,3)4)16-12(8-24)6-5-7-13(14)16/h5-7,9-10,19H,1-4H3,(H,25,26,29). The van der Waals surface area contributed by atoms with Gasteiger partial charge in [0.2, 0.25) is 5.91 Å². The number of carbonyl (C=O) groups is 2. The Bertz CT molecular complexity index is 1240. The average Bonchev–Trinajstić information content (AvgIpc) is 3.07. The number of aromatic nitrogens is 3. The van der Waals surface area contributed by atoms with E-state index in [9.17, 15) is 23.6 Å². The molecule has 0 aliphatic rings. The van der Waals surface area contributed by atoms with E-state index in [1.165, 1.54) is 25.4 Å². The maximum atomic E-state index is 12.9. The number of benzene rings is 1. The number of ether oxygens (including phenoxy) is 2. The van der Waals surface area contributed by atoms with Gasteiger partial charge in [0.15, 0.2) is 5.82 Å². The molecule has 0 bridgehead atoms. The largest absolute Gasteiger partial charge is 0.443 e. The Hall–Kier alpha value is -4.07. The van der Waals surface area contributed by atoms with Crippen LogP contribution in [-0.2, 0) is 9.53 Å². The molecule has 0 radical (unpaired) electrons. The molecule has 166 valence electrons. The Labute approximate surface area is 181 Å². The Balaban J connectivity index is 2.22. The number of halogens is 2. The Morgan fingerprint density at radius 1 is 1.28 bits per heavy atom. The average molecular weight is 443 g/mol. The molecule has 2 heterocycles. The summed E-state index contributed by atoms with van der Waals surface area (Å²) in [4.78, 5) is 32.2. The molecule has 3 rings (SSSR count). The molecule has 9 nitrogen and oxygen atoms in total. The maximum absolute atomic E-state index is 12.9. The molecule has 1 aromatic carbocycles. The van der Waals surface area contributed by atoms with E-state index in [1.54, 1.807) is 32.9 Å². The molecule has 1 amide bonds. The van der Waals surface area contributed by atoms with E-state index in [2.05, 4.69) is 20.0 Å². The normalized spacial score (nSPS) is 11.3. The van der Waals surface area contributed by atoms with Crippen LogP contribution in [0.4, 0.5) is 19.4 Å². The molecular weight excluding hydrogens is 424 g/mol. The van der Waals surface area contributed by atoms with Gasteiger partial charge in [-0.1, -0.05) is 12.1 Å². The highest BCUT2D eigenvalue weighted by atomic mass is 19.3. The monoisotopic (exact) mass is 443 g/mol. The van der Waals surface area contributed by atoms with Crippen LogP contribution in [0.15, 0.2) is 30.6 Å². The van der Waals surface area contributed by atoms with Crippen molar-refractivity contribution in [3.8, 4) is 23.2 Å². The fourth-order valence-electron chi connectivity index (χ4n) is 2.95. The van der Waals surface area contributed by atoms with Crippen LogP contribution in [0.2, 0.25) is 0 Å². The van der Waals surface area contributed by atoms with Crippen LogP contribution in [0.5, 0.6) is 5.88 Å². The van der Waals surface area contributed by atoms with Crippen molar-refractivity contribution in [2.75, 3.05) is 5.32 Å². The molecule has 0 saturated heterocycles. The van der Waals surface area contributed by atoms with Crippen LogP contribution >= 0.6 is 0 Å². The molecule has 3 aromatic rings. The highest BCUT2D eigenvalue weighted by molar-refractivity contribution is 6.02. The van der Waals surface area contributed by atoms with Crippen molar-refractivity contribution in [3.05, 3.63) is 36.2 Å². The van der Waals surface area contributed by atoms with Crippen molar-refractivity contribution in [2.24, 2.45) is 0 Å². The lowest BCUT2D eigenvalue weighted by molar-refractivity contribution is -0.114. The predicted molar refractivity (Wildman–Crippen MR) is 110 cm³/mol. The number of nitrogens with zero attached hydrogens (tertiary/aromatic N) is 4. The number of nitriles is 1. The van der Waals surface area contributed by atoms with Gasteiger partial charge in [-0.05, 0) is 26.8 Å². The zero-order valence-corrected chi connectivity index (χ0v) is 17.6. The summed E-state index contributed by atoms with van der Waals surface area (Å²) in [5.74, 6) is -1.43. The van der Waals surface area contributed by atoms with Crippen LogP contribution in [0.1, 0.15) is 33.3 Å². The second kappa shape index (κ2) is 8.58. The number of nitrogens with one attached hydrogen (secondary N) is 1. The number of amides is 1. The summed E-state index contributed by atoms with van der Waals surface area (Å²) in [5.41, 5.74) is 0.0731. The van der Waals surface area contributed by atoms with Crippen molar-refractivity contribution in [3.63, 3.8) is 0 Å². The molecule has 0 atom stereocenters. The Kier molecular flexibility index (Phi) is 6.06. The summed E-state index contributed by atoms with van der Waals surface area (Å²) in [6.45, 7) is 3.06. The van der Waals surface area contributed by atoms with Gasteiger partial charge in [0.05, 0.1) is 23.0 Å². The first-order valence-electron chi connectivity index (χ1n) is 9.37. The number of carbonyl (C=O) groups excluding carboxylic acids is 2. The molecule has 0 unspecified atom stereocenters. The van der Waals surface area contributed by atoms with E-state index in [1.807, 2.05) is 6.07 Å². The second-order valence-electron chi connectivity index (χ2n) is 7.68. The molecule has 32 heavy (non-hydrogen) atoms. The van der Waals surface area contributed by atoms with Gasteiger partial charge in [0.25, 0.3) is 5.88 Å². The van der Waals surface area contributed by atoms with Crippen molar-refractivity contribution in [1.29, 1.82) is 5.26 Å². The third-order valence-electron chi connectivity index (χ3n) is 4.05. The van der Waals surface area contributed by atoms with Crippen LogP contribution in [0, 0.1) is 11.3 Å². The van der Waals surface area contributed by atoms with Crippen LogP contribution in [0.3, 0.4) is 0 Å². The van der Waals surface area contributed by atoms with E-state index in [-0.39, 0.29) is 22.6 Å². The Morgan fingerprint density at radius 2 is 2.00 bits per heavy atom. The minimum atomic E-state index is -3.21. The summed E-state index contributed by atoms with van der Waals surface area (Å²) < 4.78 is 36.8. The van der Waals surface area contributed by atoms with Gasteiger partial charge >= 0.3 is 12.7 Å². The summed E-state index contributed by atoms with van der Waals surface area (Å²) >= 11 is 0. The predicted octanol–water partition coefficient (Wildman–Crippen LogP) is 4.31. The van der Waals surface area contributed by atoms with Crippen molar-refractivity contribution >= 4 is 28.7 Å². The number of rotatable bonds is 4. The molecule has 1 N–H and O–H groups in total. The molecule has 0 aliphatic carbocycles. The molecule has 0 saturated carbocycles. The van der Waals surface area contributed by atoms with Gasteiger partial charge in [-0.25, -0.2) is 14.8 Å². The fourth-order valence-corrected chi connectivity index (χ4v) is 2.95. The van der Waals surface area contributed by atoms with Crippen LogP contribution in [-0.4, -0.2) is 38.7 Å². The van der Waals surface area contributed by atoms with Gasteiger partial charge in [-0.2, -0.15) is 14.0 Å². The first-order chi connectivity index (χ1) is 15.0. The van der Waals surface area contributed by atoms with Crippen molar-refractivity contribution < 1.29 is 27.8 Å². The molecular formula is C21H19F2N5O4. The number of para-hydroxylation sites is 1. The molecule has 11 heteroatoms. The van der Waals surface area contributed by atoms with Crippen molar-refractivity contribution in [2.45, 2.75) is 39.9 Å². The quantitative estimate of drug-likeness (QED) is 0.638. The molecule has 0 spiro atoms. The minimum absolute atomic E-state index is 0.0807. The van der Waals surface area contributed by atoms with Gasteiger partial charge in [0.1, 0.15) is 11.7 Å². The summed E-state index contributed by atoms with van der Waals surface area (Å²) in [5, 5.41) is 12.2. The fraction of sp³-hybridized carbons (Fsp3) is 0.286. The van der Waals surface area contributed by atoms with Gasteiger partial charge in [0, 0.05) is 24.1 Å². The maximum Gasteiger partial charge on any atom is 0.419 e. The van der Waals surface area contributed by atoms with Gasteiger partial charge in [-0.15, -0.1) is 0 Å². The minimum Gasteiger partial charge on any atom is -0.443 e. The molecule has 0 aliphatic heterocycles. The zero-order valence-electron chi connectivity index (χ0n) is 17.6. The van der Waals surface area contributed by atoms with Crippen LogP contribution in [0.25, 0.3) is 22.2 Å². The third-order valence-corrected chi connectivity index (χ3v) is 4.05. The van der Waals surface area contributed by atoms with E-state index >= 15 is 0 Å². The van der Waals surface area contributed by atoms with Crippen LogP contribution < -0.4 is 10.1 Å². The van der Waals surface area contributed by atoms with Gasteiger partial charge < -0.3 is 14.8 Å². The smallest absolute Gasteiger partial charge is 0.419 e. The number of fused-ring (bicyclic) bond motifs is 1.